The number of rotatable bonds is 3. The molecule has 0 N–H and O–H groups in total. The second-order valence-electron chi connectivity index (χ2n) is 4.96. The van der Waals surface area contributed by atoms with Gasteiger partial charge in [0.25, 0.3) is 0 Å². The molecular weight excluding hydrogens is 286 g/mol. The molecule has 5 heteroatoms. The van der Waals surface area contributed by atoms with E-state index >= 15 is 0 Å². The lowest BCUT2D eigenvalue weighted by Crippen LogP contribution is -2.04. The van der Waals surface area contributed by atoms with Crippen LogP contribution in [0.15, 0.2) is 36.7 Å². The average molecular weight is 302 g/mol. The molecule has 1 unspecified atom stereocenters. The number of benzene rings is 1. The SMILES string of the molecule is COc1ccc(C)cc1-n1c(C(C)Cl)nc2cnccc21. The Labute approximate surface area is 128 Å². The van der Waals surface area contributed by atoms with Gasteiger partial charge in [-0.2, -0.15) is 0 Å². The van der Waals surface area contributed by atoms with E-state index in [1.807, 2.05) is 36.6 Å². The van der Waals surface area contributed by atoms with E-state index in [0.29, 0.717) is 0 Å². The molecule has 0 aliphatic heterocycles. The lowest BCUT2D eigenvalue weighted by molar-refractivity contribution is 0.412. The molecule has 0 bridgehead atoms. The minimum Gasteiger partial charge on any atom is -0.495 e. The van der Waals surface area contributed by atoms with Gasteiger partial charge in [-0.25, -0.2) is 4.98 Å². The highest BCUT2D eigenvalue weighted by molar-refractivity contribution is 6.20. The maximum atomic E-state index is 6.32. The summed E-state index contributed by atoms with van der Waals surface area (Å²) in [5.74, 6) is 1.57. The van der Waals surface area contributed by atoms with Gasteiger partial charge in [0.15, 0.2) is 0 Å². The van der Waals surface area contributed by atoms with E-state index in [2.05, 4.69) is 16.0 Å². The van der Waals surface area contributed by atoms with E-state index in [4.69, 9.17) is 16.3 Å². The summed E-state index contributed by atoms with van der Waals surface area (Å²) in [6, 6.07) is 7.99. The third kappa shape index (κ3) is 2.36. The van der Waals surface area contributed by atoms with Crippen molar-refractivity contribution in [3.05, 3.63) is 48.0 Å². The maximum absolute atomic E-state index is 6.32. The van der Waals surface area contributed by atoms with Crippen molar-refractivity contribution in [3.63, 3.8) is 0 Å². The summed E-state index contributed by atoms with van der Waals surface area (Å²) < 4.78 is 7.54. The fraction of sp³-hybridized carbons (Fsp3) is 0.250. The van der Waals surface area contributed by atoms with Crippen LogP contribution in [0.3, 0.4) is 0 Å². The van der Waals surface area contributed by atoms with E-state index in [1.165, 1.54) is 0 Å². The van der Waals surface area contributed by atoms with E-state index in [1.54, 1.807) is 19.5 Å². The first-order chi connectivity index (χ1) is 10.1. The Hall–Kier alpha value is -2.07. The largest absolute Gasteiger partial charge is 0.495 e. The third-order valence-corrected chi connectivity index (χ3v) is 3.61. The van der Waals surface area contributed by atoms with Gasteiger partial charge in [0.2, 0.25) is 0 Å². The van der Waals surface area contributed by atoms with Crippen molar-refractivity contribution in [2.75, 3.05) is 7.11 Å². The Bertz CT molecular complexity index is 795. The van der Waals surface area contributed by atoms with Gasteiger partial charge in [-0.3, -0.25) is 9.55 Å². The maximum Gasteiger partial charge on any atom is 0.142 e. The highest BCUT2D eigenvalue weighted by Crippen LogP contribution is 2.32. The van der Waals surface area contributed by atoms with Gasteiger partial charge in [0.1, 0.15) is 17.1 Å². The van der Waals surface area contributed by atoms with Crippen LogP contribution in [0.4, 0.5) is 0 Å². The minimum atomic E-state index is -0.220. The predicted octanol–water partition coefficient (Wildman–Crippen LogP) is 4.04. The van der Waals surface area contributed by atoms with Gasteiger partial charge in [-0.15, -0.1) is 11.6 Å². The van der Waals surface area contributed by atoms with E-state index in [9.17, 15) is 0 Å². The second kappa shape index (κ2) is 5.37. The summed E-state index contributed by atoms with van der Waals surface area (Å²) in [4.78, 5) is 8.74. The number of nitrogens with zero attached hydrogens (tertiary/aromatic N) is 3. The van der Waals surface area contributed by atoms with Crippen molar-refractivity contribution < 1.29 is 4.74 Å². The molecule has 0 saturated heterocycles. The fourth-order valence-electron chi connectivity index (χ4n) is 2.45. The number of imidazole rings is 1. The molecule has 4 nitrogen and oxygen atoms in total. The van der Waals surface area contributed by atoms with Gasteiger partial charge in [-0.1, -0.05) is 6.07 Å². The monoisotopic (exact) mass is 301 g/mol. The number of aryl methyl sites for hydroxylation is 1. The Morgan fingerprint density at radius 3 is 2.81 bits per heavy atom. The molecule has 0 fully saturated rings. The van der Waals surface area contributed by atoms with Crippen molar-refractivity contribution >= 4 is 22.6 Å². The first kappa shape index (κ1) is 13.9. The number of aromatic nitrogens is 3. The van der Waals surface area contributed by atoms with E-state index < -0.39 is 0 Å². The number of alkyl halides is 1. The van der Waals surface area contributed by atoms with Crippen LogP contribution in [0.1, 0.15) is 23.7 Å². The molecule has 0 aliphatic rings. The van der Waals surface area contributed by atoms with Crippen LogP contribution in [0.2, 0.25) is 0 Å². The van der Waals surface area contributed by atoms with Gasteiger partial charge in [0, 0.05) is 6.20 Å². The van der Waals surface area contributed by atoms with Gasteiger partial charge < -0.3 is 4.74 Å². The molecular formula is C16H16ClN3O. The molecule has 3 rings (SSSR count). The number of fused-ring (bicyclic) bond motifs is 1. The van der Waals surface area contributed by atoms with E-state index in [-0.39, 0.29) is 5.38 Å². The summed E-state index contributed by atoms with van der Waals surface area (Å²) in [5.41, 5.74) is 3.88. The van der Waals surface area contributed by atoms with Crippen LogP contribution in [0.25, 0.3) is 16.7 Å². The number of hydrogen-bond acceptors (Lipinski definition) is 3. The van der Waals surface area contributed by atoms with Crippen molar-refractivity contribution in [2.45, 2.75) is 19.2 Å². The number of halogens is 1. The zero-order valence-corrected chi connectivity index (χ0v) is 12.9. The standard InChI is InChI=1S/C16H16ClN3O/c1-10-4-5-15(21-3)14(8-10)20-13-6-7-18-9-12(13)19-16(20)11(2)17/h4-9,11H,1-3H3. The van der Waals surface area contributed by atoms with Crippen LogP contribution in [-0.2, 0) is 0 Å². The van der Waals surface area contributed by atoms with Crippen molar-refractivity contribution in [1.82, 2.24) is 14.5 Å². The zero-order chi connectivity index (χ0) is 15.0. The molecule has 3 aromatic rings. The van der Waals surface area contributed by atoms with Crippen molar-refractivity contribution in [2.24, 2.45) is 0 Å². The number of hydrogen-bond donors (Lipinski definition) is 0. The number of methoxy groups -OCH3 is 1. The molecule has 2 heterocycles. The summed E-state index contributed by atoms with van der Waals surface area (Å²) in [5, 5.41) is -0.220. The first-order valence-electron chi connectivity index (χ1n) is 6.73. The number of pyridine rings is 1. The minimum absolute atomic E-state index is 0.220. The summed E-state index contributed by atoms with van der Waals surface area (Å²) in [7, 11) is 1.67. The smallest absolute Gasteiger partial charge is 0.142 e. The topological polar surface area (TPSA) is 39.9 Å². The highest BCUT2D eigenvalue weighted by Gasteiger charge is 2.18. The van der Waals surface area contributed by atoms with Crippen LogP contribution < -0.4 is 4.74 Å². The molecule has 0 radical (unpaired) electrons. The Kier molecular flexibility index (Phi) is 3.55. The average Bonchev–Trinajstić information content (AvgIpc) is 2.86. The van der Waals surface area contributed by atoms with E-state index in [0.717, 1.165) is 33.9 Å². The van der Waals surface area contributed by atoms with Crippen LogP contribution >= 0.6 is 11.6 Å². The van der Waals surface area contributed by atoms with Crippen LogP contribution in [-0.4, -0.2) is 21.6 Å². The Morgan fingerprint density at radius 1 is 1.29 bits per heavy atom. The van der Waals surface area contributed by atoms with Crippen LogP contribution in [0, 0.1) is 6.92 Å². The van der Waals surface area contributed by atoms with Gasteiger partial charge >= 0.3 is 0 Å². The fourth-order valence-corrected chi connectivity index (χ4v) is 2.59. The quantitative estimate of drug-likeness (QED) is 0.686. The molecule has 1 atom stereocenters. The molecule has 108 valence electrons. The first-order valence-corrected chi connectivity index (χ1v) is 7.17. The van der Waals surface area contributed by atoms with Crippen LogP contribution in [0.5, 0.6) is 5.75 Å². The predicted molar refractivity (Wildman–Crippen MR) is 84.4 cm³/mol. The molecule has 21 heavy (non-hydrogen) atoms. The van der Waals surface area contributed by atoms with Gasteiger partial charge in [0.05, 0.1) is 29.9 Å². The van der Waals surface area contributed by atoms with Crippen molar-refractivity contribution in [1.29, 1.82) is 0 Å². The lowest BCUT2D eigenvalue weighted by atomic mass is 10.2. The Morgan fingerprint density at radius 2 is 2.10 bits per heavy atom. The normalized spacial score (nSPS) is 12.6. The zero-order valence-electron chi connectivity index (χ0n) is 12.2. The molecule has 1 aromatic carbocycles. The number of ether oxygens (including phenoxy) is 1. The summed E-state index contributed by atoms with van der Waals surface area (Å²) >= 11 is 6.32. The van der Waals surface area contributed by atoms with Gasteiger partial charge in [-0.05, 0) is 37.6 Å². The summed E-state index contributed by atoms with van der Waals surface area (Å²) in [6.45, 7) is 3.96. The molecule has 0 saturated carbocycles. The molecule has 2 aromatic heterocycles. The molecule has 0 amide bonds. The third-order valence-electron chi connectivity index (χ3n) is 3.41. The highest BCUT2D eigenvalue weighted by atomic mass is 35.5. The van der Waals surface area contributed by atoms with Crippen molar-refractivity contribution in [3.8, 4) is 11.4 Å². The Balaban J connectivity index is 2.38. The lowest BCUT2D eigenvalue weighted by Gasteiger charge is -2.15. The second-order valence-corrected chi connectivity index (χ2v) is 5.62. The molecule has 0 spiro atoms. The summed E-state index contributed by atoms with van der Waals surface area (Å²) in [6.07, 6.45) is 3.50. The molecule has 0 aliphatic carbocycles.